The SMILES string of the molecule is CCOC(=O)[C@H](CCS)CCCN1CCOCC1.O=C1N[C@H](Cc2ccccc2)CO1. The van der Waals surface area contributed by atoms with Gasteiger partial charge in [-0.1, -0.05) is 30.3 Å². The number of esters is 1. The van der Waals surface area contributed by atoms with Crippen LogP contribution in [0.3, 0.4) is 0 Å². The van der Waals surface area contributed by atoms with Crippen molar-refractivity contribution in [3.8, 4) is 0 Å². The fraction of sp³-hybridized carbons (Fsp3) is 0.652. The monoisotopic (exact) mass is 452 g/mol. The number of carbonyl (C=O) groups excluding carboxylic acids is 2. The molecule has 1 amide bonds. The van der Waals surface area contributed by atoms with Crippen LogP contribution in [0.4, 0.5) is 4.79 Å². The molecule has 0 radical (unpaired) electrons. The fourth-order valence-electron chi connectivity index (χ4n) is 3.62. The van der Waals surface area contributed by atoms with Gasteiger partial charge < -0.3 is 19.5 Å². The highest BCUT2D eigenvalue weighted by atomic mass is 32.1. The molecule has 7 nitrogen and oxygen atoms in total. The maximum atomic E-state index is 11.7. The van der Waals surface area contributed by atoms with Crippen molar-refractivity contribution in [1.82, 2.24) is 10.2 Å². The lowest BCUT2D eigenvalue weighted by molar-refractivity contribution is -0.148. The summed E-state index contributed by atoms with van der Waals surface area (Å²) in [5, 5.41) is 2.74. The van der Waals surface area contributed by atoms with E-state index in [-0.39, 0.29) is 24.0 Å². The predicted octanol–water partition coefficient (Wildman–Crippen LogP) is 2.94. The molecule has 1 aromatic carbocycles. The molecular formula is C23H36N2O5S. The van der Waals surface area contributed by atoms with Gasteiger partial charge in [-0.25, -0.2) is 4.79 Å². The molecule has 0 unspecified atom stereocenters. The van der Waals surface area contributed by atoms with Crippen molar-refractivity contribution in [2.45, 2.75) is 38.6 Å². The van der Waals surface area contributed by atoms with Gasteiger partial charge in [-0.2, -0.15) is 12.6 Å². The van der Waals surface area contributed by atoms with Crippen LogP contribution < -0.4 is 5.32 Å². The third kappa shape index (κ3) is 10.4. The standard InChI is InChI=1S/C13H25NO3S.C10H11NO2/c1-2-17-13(15)12(5-11-18)4-3-6-14-7-9-16-10-8-14;12-10-11-9(7-13-10)6-8-4-2-1-3-5-8/h12,18H,2-11H2,1H3;1-5,9H,6-7H2,(H,11,12)/t12-;9-/m01/s1. The molecule has 2 saturated heterocycles. The number of cyclic esters (lactones) is 1. The van der Waals surface area contributed by atoms with E-state index in [1.807, 2.05) is 37.3 Å². The van der Waals surface area contributed by atoms with Crippen LogP contribution in [-0.2, 0) is 25.4 Å². The van der Waals surface area contributed by atoms with Crippen LogP contribution in [0.15, 0.2) is 30.3 Å². The highest BCUT2D eigenvalue weighted by Gasteiger charge is 2.22. The van der Waals surface area contributed by atoms with Crippen LogP contribution in [0.5, 0.6) is 0 Å². The third-order valence-corrected chi connectivity index (χ3v) is 5.55. The summed E-state index contributed by atoms with van der Waals surface area (Å²) in [6.07, 6.45) is 3.28. The fourth-order valence-corrected chi connectivity index (χ4v) is 3.93. The van der Waals surface area contributed by atoms with Gasteiger partial charge in [0.15, 0.2) is 0 Å². The summed E-state index contributed by atoms with van der Waals surface area (Å²) in [6.45, 7) is 7.53. The first-order chi connectivity index (χ1) is 15.1. The van der Waals surface area contributed by atoms with E-state index in [0.717, 1.165) is 64.3 Å². The Kier molecular flexibility index (Phi) is 12.4. The van der Waals surface area contributed by atoms with Crippen molar-refractivity contribution < 1.29 is 23.8 Å². The van der Waals surface area contributed by atoms with Gasteiger partial charge in [0.05, 0.1) is 31.8 Å². The van der Waals surface area contributed by atoms with E-state index >= 15 is 0 Å². The molecule has 1 aromatic rings. The predicted molar refractivity (Wildman–Crippen MR) is 124 cm³/mol. The van der Waals surface area contributed by atoms with Crippen LogP contribution in [0.1, 0.15) is 31.7 Å². The van der Waals surface area contributed by atoms with Crippen LogP contribution in [0.25, 0.3) is 0 Å². The van der Waals surface area contributed by atoms with Gasteiger partial charge in [-0.3, -0.25) is 9.69 Å². The van der Waals surface area contributed by atoms with E-state index < -0.39 is 0 Å². The Morgan fingerprint density at radius 1 is 1.26 bits per heavy atom. The topological polar surface area (TPSA) is 77.1 Å². The number of nitrogens with one attached hydrogen (secondary N) is 1. The normalized spacial score (nSPS) is 19.5. The zero-order valence-corrected chi connectivity index (χ0v) is 19.4. The molecule has 0 bridgehead atoms. The lowest BCUT2D eigenvalue weighted by atomic mass is 10.0. The number of morpholine rings is 1. The van der Waals surface area contributed by atoms with Crippen molar-refractivity contribution in [2.75, 3.05) is 51.8 Å². The van der Waals surface area contributed by atoms with Gasteiger partial charge in [0.1, 0.15) is 6.61 Å². The largest absolute Gasteiger partial charge is 0.466 e. The van der Waals surface area contributed by atoms with E-state index in [1.165, 1.54) is 5.56 Å². The number of carbonyl (C=O) groups is 2. The van der Waals surface area contributed by atoms with Gasteiger partial charge in [0.2, 0.25) is 0 Å². The average molecular weight is 453 g/mol. The molecule has 1 N–H and O–H groups in total. The molecule has 2 fully saturated rings. The van der Waals surface area contributed by atoms with Crippen LogP contribution in [0.2, 0.25) is 0 Å². The van der Waals surface area contributed by atoms with E-state index in [1.54, 1.807) is 0 Å². The van der Waals surface area contributed by atoms with Gasteiger partial charge in [0.25, 0.3) is 0 Å². The first-order valence-corrected chi connectivity index (χ1v) is 11.8. The second-order valence-electron chi connectivity index (χ2n) is 7.69. The van der Waals surface area contributed by atoms with Crippen LogP contribution in [0, 0.1) is 5.92 Å². The van der Waals surface area contributed by atoms with Crippen molar-refractivity contribution >= 4 is 24.7 Å². The maximum Gasteiger partial charge on any atom is 0.407 e. The van der Waals surface area contributed by atoms with Crippen LogP contribution >= 0.6 is 12.6 Å². The first-order valence-electron chi connectivity index (χ1n) is 11.2. The highest BCUT2D eigenvalue weighted by Crippen LogP contribution is 2.15. The quantitative estimate of drug-likeness (QED) is 0.420. The average Bonchev–Trinajstić information content (AvgIpc) is 3.19. The highest BCUT2D eigenvalue weighted by molar-refractivity contribution is 7.80. The third-order valence-electron chi connectivity index (χ3n) is 5.29. The molecule has 31 heavy (non-hydrogen) atoms. The zero-order chi connectivity index (χ0) is 22.3. The molecule has 0 spiro atoms. The van der Waals surface area contributed by atoms with Gasteiger partial charge in [-0.15, -0.1) is 0 Å². The molecule has 0 saturated carbocycles. The van der Waals surface area contributed by atoms with Gasteiger partial charge >= 0.3 is 12.1 Å². The molecule has 8 heteroatoms. The van der Waals surface area contributed by atoms with Crippen molar-refractivity contribution in [3.63, 3.8) is 0 Å². The molecule has 2 atom stereocenters. The zero-order valence-electron chi connectivity index (χ0n) is 18.5. The number of hydrogen-bond donors (Lipinski definition) is 2. The summed E-state index contributed by atoms with van der Waals surface area (Å²) in [5.41, 5.74) is 1.22. The molecule has 2 aliphatic rings. The maximum absolute atomic E-state index is 11.7. The Morgan fingerprint density at radius 2 is 2.00 bits per heavy atom. The first kappa shape index (κ1) is 25.5. The summed E-state index contributed by atoms with van der Waals surface area (Å²) in [4.78, 5) is 24.8. The molecular weight excluding hydrogens is 416 g/mol. The van der Waals surface area contributed by atoms with Crippen molar-refractivity contribution in [1.29, 1.82) is 0 Å². The minimum atomic E-state index is -0.305. The minimum Gasteiger partial charge on any atom is -0.466 e. The summed E-state index contributed by atoms with van der Waals surface area (Å²) < 4.78 is 15.2. The van der Waals surface area contributed by atoms with Gasteiger partial charge in [0, 0.05) is 13.1 Å². The molecule has 0 aliphatic carbocycles. The second kappa shape index (κ2) is 15.1. The molecule has 174 valence electrons. The number of hydrogen-bond acceptors (Lipinski definition) is 7. The number of nitrogens with zero attached hydrogens (tertiary/aromatic N) is 1. The Bertz CT molecular complexity index is 640. The minimum absolute atomic E-state index is 0.0171. The summed E-state index contributed by atoms with van der Waals surface area (Å²) in [7, 11) is 0. The smallest absolute Gasteiger partial charge is 0.407 e. The number of rotatable bonds is 10. The van der Waals surface area contributed by atoms with Crippen LogP contribution in [-0.4, -0.2) is 74.8 Å². The summed E-state index contributed by atoms with van der Waals surface area (Å²) in [6, 6.07) is 10.2. The molecule has 3 rings (SSSR count). The van der Waals surface area contributed by atoms with Crippen molar-refractivity contribution in [3.05, 3.63) is 35.9 Å². The second-order valence-corrected chi connectivity index (χ2v) is 8.13. The lowest BCUT2D eigenvalue weighted by Crippen LogP contribution is -2.37. The Morgan fingerprint density at radius 3 is 2.61 bits per heavy atom. The van der Waals surface area contributed by atoms with E-state index in [0.29, 0.717) is 13.2 Å². The number of alkyl carbamates (subject to hydrolysis) is 1. The summed E-state index contributed by atoms with van der Waals surface area (Å²) in [5.74, 6) is 0.693. The number of thiol groups is 1. The lowest BCUT2D eigenvalue weighted by Gasteiger charge is -2.27. The summed E-state index contributed by atoms with van der Waals surface area (Å²) >= 11 is 4.21. The molecule has 2 aliphatic heterocycles. The van der Waals surface area contributed by atoms with Crippen molar-refractivity contribution in [2.24, 2.45) is 5.92 Å². The Labute approximate surface area is 191 Å². The molecule has 2 heterocycles. The van der Waals surface area contributed by atoms with E-state index in [2.05, 4.69) is 22.8 Å². The Hall–Kier alpha value is -1.77. The number of ether oxygens (including phenoxy) is 3. The number of amides is 1. The Balaban J connectivity index is 0.000000231. The molecule has 0 aromatic heterocycles. The number of benzene rings is 1. The van der Waals surface area contributed by atoms with Gasteiger partial charge in [-0.05, 0) is 50.5 Å². The van der Waals surface area contributed by atoms with E-state index in [9.17, 15) is 9.59 Å². The van der Waals surface area contributed by atoms with E-state index in [4.69, 9.17) is 14.2 Å².